The highest BCUT2D eigenvalue weighted by molar-refractivity contribution is 6.31. The molecule has 1 aromatic carbocycles. The number of esters is 1. The number of ether oxygens (including phenoxy) is 1. The fraction of sp³-hybridized carbons (Fsp3) is 0.409. The predicted octanol–water partition coefficient (Wildman–Crippen LogP) is 4.31. The van der Waals surface area contributed by atoms with Crippen LogP contribution in [-0.2, 0) is 16.0 Å². The summed E-state index contributed by atoms with van der Waals surface area (Å²) in [5.74, 6) is -0.753. The second kappa shape index (κ2) is 8.82. The lowest BCUT2D eigenvalue weighted by atomic mass is 9.93. The van der Waals surface area contributed by atoms with Gasteiger partial charge in [-0.15, -0.1) is 0 Å². The Bertz CT molecular complexity index is 948. The van der Waals surface area contributed by atoms with E-state index in [1.54, 1.807) is 45.0 Å². The summed E-state index contributed by atoms with van der Waals surface area (Å²) in [5, 5.41) is 3.34. The van der Waals surface area contributed by atoms with Gasteiger partial charge in [-0.3, -0.25) is 14.4 Å². The number of fused-ring (bicyclic) bond motifs is 1. The maximum absolute atomic E-state index is 13.0. The summed E-state index contributed by atoms with van der Waals surface area (Å²) in [6.45, 7) is 5.31. The Kier molecular flexibility index (Phi) is 6.42. The van der Waals surface area contributed by atoms with Gasteiger partial charge in [0.2, 0.25) is 0 Å². The summed E-state index contributed by atoms with van der Waals surface area (Å²) in [5.41, 5.74) is 3.05. The number of aromatic nitrogens is 1. The monoisotopic (exact) mass is 416 g/mol. The normalized spacial score (nSPS) is 14.4. The van der Waals surface area contributed by atoms with Crippen LogP contribution < -0.4 is 5.32 Å². The van der Waals surface area contributed by atoms with Crippen molar-refractivity contribution in [3.8, 4) is 0 Å². The molecule has 1 amide bonds. The summed E-state index contributed by atoms with van der Waals surface area (Å²) >= 11 is 6.31. The van der Waals surface area contributed by atoms with Gasteiger partial charge in [-0.2, -0.15) is 0 Å². The zero-order valence-corrected chi connectivity index (χ0v) is 17.6. The molecule has 0 radical (unpaired) electrons. The average Bonchev–Trinajstić information content (AvgIpc) is 2.99. The second-order valence-electron chi connectivity index (χ2n) is 7.55. The molecule has 0 aliphatic heterocycles. The van der Waals surface area contributed by atoms with E-state index in [4.69, 9.17) is 16.3 Å². The number of Topliss-reactive ketones (excluding diaryl/α,β-unsaturated/α-hetero) is 1. The number of hydrogen-bond acceptors (Lipinski definition) is 4. The van der Waals surface area contributed by atoms with Gasteiger partial charge in [0, 0.05) is 22.7 Å². The van der Waals surface area contributed by atoms with E-state index in [-0.39, 0.29) is 24.2 Å². The van der Waals surface area contributed by atoms with Gasteiger partial charge in [0.15, 0.2) is 5.78 Å². The third-order valence-corrected chi connectivity index (χ3v) is 5.33. The van der Waals surface area contributed by atoms with Gasteiger partial charge in [0.25, 0.3) is 5.91 Å². The maximum Gasteiger partial charge on any atom is 0.308 e. The van der Waals surface area contributed by atoms with Gasteiger partial charge in [0.05, 0.1) is 18.6 Å². The van der Waals surface area contributed by atoms with Crippen LogP contribution in [0.1, 0.15) is 76.8 Å². The standard InChI is InChI=1S/C22H25ClN2O4/c1-12(2)29-19(27)11-17(14-7-4-5-8-15(14)23)25-22(28)21-13(3)20-16(24-21)9-6-10-18(20)26/h4-5,7-8,12,17,24H,6,9-11H2,1-3H3,(H,25,28)/t17-/m1/s1. The third kappa shape index (κ3) is 4.70. The Morgan fingerprint density at radius 3 is 2.62 bits per heavy atom. The number of aromatic amines is 1. The highest BCUT2D eigenvalue weighted by Crippen LogP contribution is 2.29. The lowest BCUT2D eigenvalue weighted by Crippen LogP contribution is -2.32. The first-order chi connectivity index (χ1) is 13.8. The smallest absolute Gasteiger partial charge is 0.308 e. The number of amides is 1. The van der Waals surface area contributed by atoms with Crippen molar-refractivity contribution in [3.05, 3.63) is 57.4 Å². The van der Waals surface area contributed by atoms with Crippen LogP contribution in [0.3, 0.4) is 0 Å². The van der Waals surface area contributed by atoms with Crippen molar-refractivity contribution in [1.29, 1.82) is 0 Å². The van der Waals surface area contributed by atoms with Crippen LogP contribution in [0.15, 0.2) is 24.3 Å². The Labute approximate surface area is 175 Å². The highest BCUT2D eigenvalue weighted by atomic mass is 35.5. The van der Waals surface area contributed by atoms with Gasteiger partial charge in [-0.05, 0) is 50.8 Å². The summed E-state index contributed by atoms with van der Waals surface area (Å²) in [6.07, 6.45) is 1.70. The van der Waals surface area contributed by atoms with Crippen LogP contribution in [0.2, 0.25) is 5.02 Å². The molecule has 1 aliphatic rings. The first-order valence-corrected chi connectivity index (χ1v) is 10.1. The number of H-pyrrole nitrogens is 1. The molecule has 2 aromatic rings. The van der Waals surface area contributed by atoms with Crippen LogP contribution in [0, 0.1) is 6.92 Å². The minimum absolute atomic E-state index is 0.0495. The molecule has 1 atom stereocenters. The molecule has 1 aliphatic carbocycles. The lowest BCUT2D eigenvalue weighted by molar-refractivity contribution is -0.147. The first kappa shape index (κ1) is 21.1. The van der Waals surface area contributed by atoms with Crippen molar-refractivity contribution in [1.82, 2.24) is 10.3 Å². The average molecular weight is 417 g/mol. The van der Waals surface area contributed by atoms with Crippen molar-refractivity contribution >= 4 is 29.3 Å². The lowest BCUT2D eigenvalue weighted by Gasteiger charge is -2.20. The molecule has 1 aromatic heterocycles. The zero-order valence-electron chi connectivity index (χ0n) is 16.8. The molecule has 7 heteroatoms. The Morgan fingerprint density at radius 2 is 1.97 bits per heavy atom. The molecule has 6 nitrogen and oxygen atoms in total. The number of rotatable bonds is 6. The number of ketones is 1. The van der Waals surface area contributed by atoms with Crippen LogP contribution >= 0.6 is 11.6 Å². The second-order valence-corrected chi connectivity index (χ2v) is 7.95. The maximum atomic E-state index is 13.0. The van der Waals surface area contributed by atoms with Crippen LogP contribution in [0.5, 0.6) is 0 Å². The highest BCUT2D eigenvalue weighted by Gasteiger charge is 2.28. The quantitative estimate of drug-likeness (QED) is 0.687. The van der Waals surface area contributed by atoms with Gasteiger partial charge in [0.1, 0.15) is 5.69 Å². The van der Waals surface area contributed by atoms with E-state index in [1.807, 2.05) is 0 Å². The van der Waals surface area contributed by atoms with Crippen LogP contribution in [0.25, 0.3) is 0 Å². The number of nitrogens with one attached hydrogen (secondary N) is 2. The summed E-state index contributed by atoms with van der Waals surface area (Å²) in [6, 6.07) is 6.41. The molecule has 3 rings (SSSR count). The van der Waals surface area contributed by atoms with E-state index < -0.39 is 12.0 Å². The molecule has 1 heterocycles. The molecule has 0 unspecified atom stereocenters. The molecule has 0 spiro atoms. The number of carbonyl (C=O) groups excluding carboxylic acids is 3. The Hall–Kier alpha value is -2.60. The van der Waals surface area contributed by atoms with E-state index in [2.05, 4.69) is 10.3 Å². The first-order valence-electron chi connectivity index (χ1n) is 9.77. The molecule has 0 bridgehead atoms. The number of halogens is 1. The molecule has 0 saturated heterocycles. The van der Waals surface area contributed by atoms with Crippen molar-refractivity contribution in [2.45, 2.75) is 58.6 Å². The van der Waals surface area contributed by atoms with Crippen LogP contribution in [-0.4, -0.2) is 28.7 Å². The number of carbonyl (C=O) groups is 3. The van der Waals surface area contributed by atoms with Gasteiger partial charge in [-0.25, -0.2) is 0 Å². The minimum atomic E-state index is -0.655. The largest absolute Gasteiger partial charge is 0.463 e. The van der Waals surface area contributed by atoms with E-state index in [1.165, 1.54) is 0 Å². The molecule has 29 heavy (non-hydrogen) atoms. The zero-order chi connectivity index (χ0) is 21.1. The molecule has 0 saturated carbocycles. The summed E-state index contributed by atoms with van der Waals surface area (Å²) in [7, 11) is 0. The summed E-state index contributed by atoms with van der Waals surface area (Å²) in [4.78, 5) is 40.7. The van der Waals surface area contributed by atoms with E-state index >= 15 is 0 Å². The van der Waals surface area contributed by atoms with Crippen molar-refractivity contribution in [2.24, 2.45) is 0 Å². The molecule has 2 N–H and O–H groups in total. The fourth-order valence-electron chi connectivity index (χ4n) is 3.71. The minimum Gasteiger partial charge on any atom is -0.463 e. The summed E-state index contributed by atoms with van der Waals surface area (Å²) < 4.78 is 5.25. The predicted molar refractivity (Wildman–Crippen MR) is 110 cm³/mol. The van der Waals surface area contributed by atoms with Crippen molar-refractivity contribution < 1.29 is 19.1 Å². The number of aryl methyl sites for hydroxylation is 1. The molecule has 0 fully saturated rings. The van der Waals surface area contributed by atoms with Gasteiger partial charge in [-0.1, -0.05) is 29.8 Å². The molecule has 154 valence electrons. The van der Waals surface area contributed by atoms with Crippen LogP contribution in [0.4, 0.5) is 0 Å². The van der Waals surface area contributed by atoms with Crippen molar-refractivity contribution in [3.63, 3.8) is 0 Å². The number of hydrogen-bond donors (Lipinski definition) is 2. The van der Waals surface area contributed by atoms with Gasteiger partial charge >= 0.3 is 5.97 Å². The molecular weight excluding hydrogens is 392 g/mol. The van der Waals surface area contributed by atoms with Crippen molar-refractivity contribution in [2.75, 3.05) is 0 Å². The number of benzene rings is 1. The van der Waals surface area contributed by atoms with E-state index in [0.29, 0.717) is 33.8 Å². The topological polar surface area (TPSA) is 88.3 Å². The van der Waals surface area contributed by atoms with E-state index in [9.17, 15) is 14.4 Å². The van der Waals surface area contributed by atoms with Gasteiger partial charge < -0.3 is 15.0 Å². The Balaban J connectivity index is 1.88. The third-order valence-electron chi connectivity index (χ3n) is 4.99. The Morgan fingerprint density at radius 1 is 1.24 bits per heavy atom. The van der Waals surface area contributed by atoms with E-state index in [0.717, 1.165) is 18.5 Å². The SMILES string of the molecule is Cc1c(C(=O)N[C@H](CC(=O)OC(C)C)c2ccccc2Cl)[nH]c2c1C(=O)CCC2. The molecular formula is C22H25ClN2O4. The fourth-order valence-corrected chi connectivity index (χ4v) is 3.97.